The first kappa shape index (κ1) is 22.0. The van der Waals surface area contributed by atoms with E-state index in [4.69, 9.17) is 13.3 Å². The summed E-state index contributed by atoms with van der Waals surface area (Å²) in [6.45, 7) is 14.1. The number of carbonyl (C=O) groups excluding carboxylic acids is 1. The molecule has 0 aliphatic rings. The lowest BCUT2D eigenvalue weighted by molar-refractivity contribution is -0.0365. The van der Waals surface area contributed by atoms with Gasteiger partial charge in [-0.1, -0.05) is 0 Å². The Morgan fingerprint density at radius 3 is 2.04 bits per heavy atom. The van der Waals surface area contributed by atoms with Gasteiger partial charge in [-0.2, -0.15) is 5.10 Å². The Bertz CT molecular complexity index is 373. The van der Waals surface area contributed by atoms with Crippen molar-refractivity contribution in [3.05, 3.63) is 0 Å². The molecule has 0 saturated heterocycles. The maximum atomic E-state index is 11.4. The number of nitrogens with zero attached hydrogens (tertiary/aromatic N) is 1. The Morgan fingerprint density at radius 1 is 1.13 bits per heavy atom. The minimum absolute atomic E-state index is 0.332. The zero-order valence-electron chi connectivity index (χ0n) is 15.8. The van der Waals surface area contributed by atoms with Gasteiger partial charge in [0.25, 0.3) is 0 Å². The van der Waals surface area contributed by atoms with Crippen LogP contribution in [0.3, 0.4) is 0 Å². The fourth-order valence-corrected chi connectivity index (χ4v) is 5.00. The minimum Gasteiger partial charge on any atom is -0.377 e. The molecule has 0 saturated carbocycles. The number of carbonyl (C=O) groups is 1. The van der Waals surface area contributed by atoms with Gasteiger partial charge in [0.1, 0.15) is 0 Å². The van der Waals surface area contributed by atoms with Crippen LogP contribution < -0.4 is 10.7 Å². The maximum Gasteiger partial charge on any atom is 0.501 e. The van der Waals surface area contributed by atoms with Crippen LogP contribution in [0.4, 0.5) is 4.79 Å². The number of hydrogen-bond donors (Lipinski definition) is 2. The lowest BCUT2D eigenvalue weighted by atomic mass is 10.2. The molecule has 0 aromatic heterocycles. The van der Waals surface area contributed by atoms with Crippen LogP contribution in [0, 0.1) is 0 Å². The van der Waals surface area contributed by atoms with Gasteiger partial charge in [0.05, 0.1) is 11.2 Å². The molecule has 2 N–H and O–H groups in total. The fourth-order valence-electron chi connectivity index (χ4n) is 1.91. The summed E-state index contributed by atoms with van der Waals surface area (Å²) in [7, 11) is -1.21. The Hall–Kier alpha value is -0.963. The molecule has 8 heteroatoms. The first-order chi connectivity index (χ1) is 10.4. The van der Waals surface area contributed by atoms with E-state index < -0.39 is 8.80 Å². The third-order valence-electron chi connectivity index (χ3n) is 2.47. The quantitative estimate of drug-likeness (QED) is 0.306. The van der Waals surface area contributed by atoms with E-state index in [-0.39, 0.29) is 17.2 Å². The first-order valence-corrected chi connectivity index (χ1v) is 9.83. The highest BCUT2D eigenvalue weighted by molar-refractivity contribution is 6.60. The molecule has 23 heavy (non-hydrogen) atoms. The van der Waals surface area contributed by atoms with Crippen molar-refractivity contribution in [2.24, 2.45) is 5.10 Å². The lowest BCUT2D eigenvalue weighted by Crippen LogP contribution is -2.53. The molecule has 0 aromatic carbocycles. The van der Waals surface area contributed by atoms with Crippen LogP contribution in [-0.2, 0) is 13.3 Å². The van der Waals surface area contributed by atoms with Crippen molar-refractivity contribution >= 4 is 21.1 Å². The predicted molar refractivity (Wildman–Crippen MR) is 94.6 cm³/mol. The molecule has 7 nitrogen and oxygen atoms in total. The summed E-state index contributed by atoms with van der Waals surface area (Å²) < 4.78 is 18.0. The average Bonchev–Trinajstić information content (AvgIpc) is 2.37. The number of urea groups is 1. The van der Waals surface area contributed by atoms with E-state index in [0.717, 1.165) is 0 Å². The third-order valence-corrected chi connectivity index (χ3v) is 5.91. The van der Waals surface area contributed by atoms with Crippen LogP contribution in [-0.4, -0.2) is 45.9 Å². The van der Waals surface area contributed by atoms with Gasteiger partial charge in [-0.25, -0.2) is 10.2 Å². The summed E-state index contributed by atoms with van der Waals surface area (Å²) >= 11 is 0. The van der Waals surface area contributed by atoms with Crippen LogP contribution >= 0.6 is 0 Å². The van der Waals surface area contributed by atoms with Crippen molar-refractivity contribution in [3.63, 3.8) is 0 Å². The van der Waals surface area contributed by atoms with Crippen molar-refractivity contribution in [1.29, 1.82) is 0 Å². The molecule has 0 rings (SSSR count). The Kier molecular flexibility index (Phi) is 8.97. The van der Waals surface area contributed by atoms with Gasteiger partial charge in [0.2, 0.25) is 0 Å². The molecule has 0 fully saturated rings. The first-order valence-electron chi connectivity index (χ1n) is 7.90. The summed E-state index contributed by atoms with van der Waals surface area (Å²) in [5.41, 5.74) is 1.62. The lowest BCUT2D eigenvalue weighted by Gasteiger charge is -2.39. The number of rotatable bonds is 8. The van der Waals surface area contributed by atoms with Crippen molar-refractivity contribution < 1.29 is 18.1 Å². The van der Waals surface area contributed by atoms with Crippen molar-refractivity contribution in [2.75, 3.05) is 13.7 Å². The summed E-state index contributed by atoms with van der Waals surface area (Å²) in [4.78, 5) is 11.4. The molecule has 136 valence electrons. The minimum atomic E-state index is -2.84. The van der Waals surface area contributed by atoms with Crippen molar-refractivity contribution in [2.45, 2.75) is 72.1 Å². The van der Waals surface area contributed by atoms with E-state index >= 15 is 0 Å². The second-order valence-electron chi connectivity index (χ2n) is 7.17. The van der Waals surface area contributed by atoms with E-state index in [1.54, 1.807) is 14.0 Å². The maximum absolute atomic E-state index is 11.4. The molecule has 0 aliphatic heterocycles. The number of hydrogen-bond acceptors (Lipinski definition) is 5. The summed E-state index contributed by atoms with van der Waals surface area (Å²) in [5, 5.41) is 6.39. The van der Waals surface area contributed by atoms with Gasteiger partial charge in [0, 0.05) is 25.9 Å². The van der Waals surface area contributed by atoms with Crippen LogP contribution in [0.1, 0.15) is 54.9 Å². The summed E-state index contributed by atoms with van der Waals surface area (Å²) in [6.07, 6.45) is 2.20. The molecule has 0 bridgehead atoms. The molecule has 0 aromatic rings. The molecule has 2 amide bonds. The van der Waals surface area contributed by atoms with Gasteiger partial charge < -0.3 is 18.6 Å². The normalized spacial score (nSPS) is 13.4. The smallest absolute Gasteiger partial charge is 0.377 e. The van der Waals surface area contributed by atoms with Gasteiger partial charge in [-0.15, -0.1) is 0 Å². The van der Waals surface area contributed by atoms with Crippen molar-refractivity contribution in [1.82, 2.24) is 10.7 Å². The monoisotopic (exact) mass is 347 g/mol. The fraction of sp³-hybridized carbons (Fsp3) is 0.867. The molecular formula is C15H33N3O4Si. The van der Waals surface area contributed by atoms with E-state index in [1.807, 2.05) is 41.5 Å². The zero-order chi connectivity index (χ0) is 18.1. The molecule has 0 aliphatic carbocycles. The number of hydrazone groups is 1. The van der Waals surface area contributed by atoms with E-state index in [1.165, 1.54) is 6.21 Å². The second-order valence-corrected chi connectivity index (χ2v) is 9.86. The van der Waals surface area contributed by atoms with Crippen LogP contribution in [0.5, 0.6) is 0 Å². The molecule has 0 unspecified atom stereocenters. The van der Waals surface area contributed by atoms with Gasteiger partial charge >= 0.3 is 14.8 Å². The Balaban J connectivity index is 4.66. The van der Waals surface area contributed by atoms with Crippen LogP contribution in [0.15, 0.2) is 5.10 Å². The SMILES string of the molecule is C/C=N/NC(=O)NCCC[Si](OC)(OC(C)(C)C)OC(C)(C)C. The largest absolute Gasteiger partial charge is 0.501 e. The van der Waals surface area contributed by atoms with E-state index in [9.17, 15) is 4.79 Å². The zero-order valence-corrected chi connectivity index (χ0v) is 16.8. The Morgan fingerprint density at radius 2 is 1.65 bits per heavy atom. The standard InChI is InChI=1S/C15H33N3O4Si/c1-9-17-18-13(19)16-11-10-12-23(20-8,21-14(2,3)4)22-15(5,6)7/h9H,10-12H2,1-8H3,(H2,16,18,19)/b17-9+. The Labute approximate surface area is 141 Å². The third kappa shape index (κ3) is 11.2. The molecular weight excluding hydrogens is 314 g/mol. The number of amides is 2. The molecule has 0 heterocycles. The van der Waals surface area contributed by atoms with E-state index in [0.29, 0.717) is 19.0 Å². The van der Waals surface area contributed by atoms with E-state index in [2.05, 4.69) is 15.8 Å². The molecule has 0 radical (unpaired) electrons. The van der Waals surface area contributed by atoms with Crippen LogP contribution in [0.25, 0.3) is 0 Å². The van der Waals surface area contributed by atoms with Gasteiger partial charge in [-0.05, 0) is 54.9 Å². The molecule has 0 spiro atoms. The summed E-state index contributed by atoms with van der Waals surface area (Å²) in [6, 6.07) is 0.288. The summed E-state index contributed by atoms with van der Waals surface area (Å²) in [5.74, 6) is 0. The number of nitrogens with one attached hydrogen (secondary N) is 2. The highest BCUT2D eigenvalue weighted by Gasteiger charge is 2.46. The highest BCUT2D eigenvalue weighted by atomic mass is 28.4. The highest BCUT2D eigenvalue weighted by Crippen LogP contribution is 2.28. The molecule has 0 atom stereocenters. The van der Waals surface area contributed by atoms with Crippen LogP contribution in [0.2, 0.25) is 6.04 Å². The van der Waals surface area contributed by atoms with Gasteiger partial charge in [-0.3, -0.25) is 0 Å². The average molecular weight is 348 g/mol. The van der Waals surface area contributed by atoms with Crippen molar-refractivity contribution in [3.8, 4) is 0 Å². The van der Waals surface area contributed by atoms with Gasteiger partial charge in [0.15, 0.2) is 0 Å². The predicted octanol–water partition coefficient (Wildman–Crippen LogP) is 2.90. The second kappa shape index (κ2) is 9.36. The topological polar surface area (TPSA) is 81.2 Å².